The highest BCUT2D eigenvalue weighted by atomic mass is 32.2. The molecule has 1 heterocycles. The van der Waals surface area contributed by atoms with Gasteiger partial charge in [-0.05, 0) is 60.9 Å². The maximum absolute atomic E-state index is 12.5. The number of benzene rings is 2. The van der Waals surface area contributed by atoms with Crippen molar-refractivity contribution in [3.05, 3.63) is 54.1 Å². The van der Waals surface area contributed by atoms with Gasteiger partial charge in [0.1, 0.15) is 0 Å². The minimum Gasteiger partial charge on any atom is -0.383 e. The summed E-state index contributed by atoms with van der Waals surface area (Å²) in [7, 11) is -2.12. The van der Waals surface area contributed by atoms with Gasteiger partial charge in [0.2, 0.25) is 10.0 Å². The van der Waals surface area contributed by atoms with Crippen molar-refractivity contribution in [2.45, 2.75) is 18.2 Å². The predicted octanol–water partition coefficient (Wildman–Crippen LogP) is 2.71. The van der Waals surface area contributed by atoms with Crippen molar-refractivity contribution < 1.29 is 17.9 Å². The molecule has 1 atom stereocenters. The van der Waals surface area contributed by atoms with Crippen molar-refractivity contribution in [1.82, 2.24) is 4.72 Å². The molecule has 0 spiro atoms. The molecule has 0 aliphatic carbocycles. The Morgan fingerprint density at radius 2 is 1.83 bits per heavy atom. The predicted molar refractivity (Wildman–Crippen MR) is 114 cm³/mol. The zero-order valence-corrected chi connectivity index (χ0v) is 17.5. The first-order valence-electron chi connectivity index (χ1n) is 9.64. The van der Waals surface area contributed by atoms with Crippen molar-refractivity contribution in [2.75, 3.05) is 43.6 Å². The van der Waals surface area contributed by atoms with Crippen molar-refractivity contribution >= 4 is 27.3 Å². The molecule has 0 aromatic heterocycles. The first kappa shape index (κ1) is 21.3. The topological polar surface area (TPSA) is 87.7 Å². The van der Waals surface area contributed by atoms with Crippen LogP contribution < -0.4 is 14.9 Å². The van der Waals surface area contributed by atoms with Crippen LogP contribution in [0.15, 0.2) is 53.4 Å². The number of hydrogen-bond acceptors (Lipinski definition) is 5. The normalized spacial score (nSPS) is 16.8. The highest BCUT2D eigenvalue weighted by Gasteiger charge is 2.19. The number of amides is 1. The number of ether oxygens (including phenoxy) is 1. The molecule has 2 N–H and O–H groups in total. The summed E-state index contributed by atoms with van der Waals surface area (Å²) in [6.45, 7) is 4.84. The van der Waals surface area contributed by atoms with E-state index in [1.165, 1.54) is 37.8 Å². The summed E-state index contributed by atoms with van der Waals surface area (Å²) in [5, 5.41) is 2.85. The second-order valence-electron chi connectivity index (χ2n) is 7.26. The molecule has 2 aromatic rings. The number of sulfonamides is 1. The monoisotopic (exact) mass is 417 g/mol. The van der Waals surface area contributed by atoms with Crippen molar-refractivity contribution in [3.8, 4) is 0 Å². The Kier molecular flexibility index (Phi) is 6.89. The summed E-state index contributed by atoms with van der Waals surface area (Å²) in [6, 6.07) is 13.6. The van der Waals surface area contributed by atoms with Crippen molar-refractivity contribution in [3.63, 3.8) is 0 Å². The quantitative estimate of drug-likeness (QED) is 0.645. The van der Waals surface area contributed by atoms with Crippen LogP contribution in [0, 0.1) is 5.92 Å². The van der Waals surface area contributed by atoms with Crippen LogP contribution in [0.3, 0.4) is 0 Å². The molecule has 1 amide bonds. The Bertz CT molecular complexity index is 927. The molecule has 1 saturated heterocycles. The van der Waals surface area contributed by atoms with E-state index in [2.05, 4.69) is 21.9 Å². The fraction of sp³-hybridized carbons (Fsp3) is 0.381. The van der Waals surface area contributed by atoms with E-state index < -0.39 is 10.0 Å². The van der Waals surface area contributed by atoms with E-state index in [-0.39, 0.29) is 24.0 Å². The lowest BCUT2D eigenvalue weighted by Gasteiger charge is -2.18. The van der Waals surface area contributed by atoms with Crippen molar-refractivity contribution in [1.29, 1.82) is 0 Å². The van der Waals surface area contributed by atoms with Crippen molar-refractivity contribution in [2.24, 2.45) is 5.92 Å². The average molecular weight is 418 g/mol. The van der Waals surface area contributed by atoms with Gasteiger partial charge in [-0.1, -0.05) is 6.92 Å². The van der Waals surface area contributed by atoms with Gasteiger partial charge in [-0.2, -0.15) is 0 Å². The maximum atomic E-state index is 12.5. The summed E-state index contributed by atoms with van der Waals surface area (Å²) < 4.78 is 31.6. The fourth-order valence-electron chi connectivity index (χ4n) is 3.28. The fourth-order valence-corrected chi connectivity index (χ4v) is 4.29. The summed E-state index contributed by atoms with van der Waals surface area (Å²) >= 11 is 0. The molecule has 1 unspecified atom stereocenters. The van der Waals surface area contributed by atoms with Crippen LogP contribution in [0.4, 0.5) is 11.4 Å². The smallest absolute Gasteiger partial charge is 0.255 e. The van der Waals surface area contributed by atoms with Crippen LogP contribution in [0.2, 0.25) is 0 Å². The molecule has 0 bridgehead atoms. The molecular weight excluding hydrogens is 390 g/mol. The molecule has 8 heteroatoms. The van der Waals surface area contributed by atoms with Gasteiger partial charge in [0.25, 0.3) is 5.91 Å². The lowest BCUT2D eigenvalue weighted by Crippen LogP contribution is -2.27. The second-order valence-corrected chi connectivity index (χ2v) is 9.02. The lowest BCUT2D eigenvalue weighted by atomic mass is 10.2. The molecule has 0 radical (unpaired) electrons. The molecular formula is C21H27N3O4S. The molecule has 7 nitrogen and oxygen atoms in total. The second kappa shape index (κ2) is 9.39. The number of methoxy groups -OCH3 is 1. The molecule has 29 heavy (non-hydrogen) atoms. The Labute approximate surface area is 172 Å². The van der Waals surface area contributed by atoms with Crippen LogP contribution in [-0.4, -0.2) is 47.7 Å². The molecule has 0 saturated carbocycles. The zero-order valence-electron chi connectivity index (χ0n) is 16.7. The number of nitrogens with one attached hydrogen (secondary N) is 2. The first-order valence-corrected chi connectivity index (χ1v) is 11.1. The van der Waals surface area contributed by atoms with Gasteiger partial charge < -0.3 is 15.0 Å². The van der Waals surface area contributed by atoms with E-state index in [4.69, 9.17) is 4.74 Å². The van der Waals surface area contributed by atoms with Gasteiger partial charge in [-0.3, -0.25) is 4.79 Å². The molecule has 2 aromatic carbocycles. The van der Waals surface area contributed by atoms with E-state index in [1.807, 2.05) is 24.3 Å². The first-order chi connectivity index (χ1) is 13.9. The van der Waals surface area contributed by atoms with Crippen LogP contribution in [0.5, 0.6) is 0 Å². The summed E-state index contributed by atoms with van der Waals surface area (Å²) in [5.74, 6) is 0.417. The SMILES string of the molecule is COCCNS(=O)(=O)c1ccc(C(=O)Nc2ccc(N3CCC(C)C3)cc2)cc1. The molecule has 1 aliphatic rings. The largest absolute Gasteiger partial charge is 0.383 e. The van der Waals surface area contributed by atoms with E-state index >= 15 is 0 Å². The number of nitrogens with zero attached hydrogens (tertiary/aromatic N) is 1. The van der Waals surface area contributed by atoms with Gasteiger partial charge >= 0.3 is 0 Å². The van der Waals surface area contributed by atoms with E-state index in [0.717, 1.165) is 18.8 Å². The van der Waals surface area contributed by atoms with Gasteiger partial charge in [0.05, 0.1) is 11.5 Å². The highest BCUT2D eigenvalue weighted by molar-refractivity contribution is 7.89. The van der Waals surface area contributed by atoms with E-state index in [0.29, 0.717) is 17.2 Å². The number of hydrogen-bond donors (Lipinski definition) is 2. The van der Waals surface area contributed by atoms with Crippen LogP contribution in [-0.2, 0) is 14.8 Å². The zero-order chi connectivity index (χ0) is 20.9. The minimum atomic E-state index is -3.62. The third-order valence-corrected chi connectivity index (χ3v) is 6.42. The van der Waals surface area contributed by atoms with Crippen LogP contribution >= 0.6 is 0 Å². The number of rotatable bonds is 8. The Morgan fingerprint density at radius 1 is 1.14 bits per heavy atom. The maximum Gasteiger partial charge on any atom is 0.255 e. The summed E-state index contributed by atoms with van der Waals surface area (Å²) in [5.41, 5.74) is 2.24. The van der Waals surface area contributed by atoms with Gasteiger partial charge in [-0.15, -0.1) is 0 Å². The van der Waals surface area contributed by atoms with Gasteiger partial charge in [-0.25, -0.2) is 13.1 Å². The van der Waals surface area contributed by atoms with Crippen LogP contribution in [0.1, 0.15) is 23.7 Å². The third kappa shape index (κ3) is 5.56. The van der Waals surface area contributed by atoms with E-state index in [1.54, 1.807) is 0 Å². The number of carbonyl (C=O) groups excluding carboxylic acids is 1. The highest BCUT2D eigenvalue weighted by Crippen LogP contribution is 2.25. The molecule has 1 fully saturated rings. The third-order valence-electron chi connectivity index (χ3n) is 4.94. The molecule has 1 aliphatic heterocycles. The lowest BCUT2D eigenvalue weighted by molar-refractivity contribution is 0.102. The molecule has 156 valence electrons. The Morgan fingerprint density at radius 3 is 2.41 bits per heavy atom. The Balaban J connectivity index is 1.60. The number of anilines is 2. The number of carbonyl (C=O) groups is 1. The van der Waals surface area contributed by atoms with E-state index in [9.17, 15) is 13.2 Å². The van der Waals surface area contributed by atoms with Crippen LogP contribution in [0.25, 0.3) is 0 Å². The minimum absolute atomic E-state index is 0.106. The summed E-state index contributed by atoms with van der Waals surface area (Å²) in [6.07, 6.45) is 1.20. The van der Waals surface area contributed by atoms with Gasteiger partial charge in [0.15, 0.2) is 0 Å². The molecule has 3 rings (SSSR count). The Hall–Kier alpha value is -2.42. The average Bonchev–Trinajstić information content (AvgIpc) is 3.15. The summed E-state index contributed by atoms with van der Waals surface area (Å²) in [4.78, 5) is 14.9. The standard InChI is InChI=1S/C21H27N3O4S/c1-16-11-13-24(15-16)19-7-5-18(6-8-19)23-21(25)17-3-9-20(10-4-17)29(26,27)22-12-14-28-2/h3-10,16,22H,11-15H2,1-2H3,(H,23,25). The van der Waals surface area contributed by atoms with Gasteiger partial charge in [0, 0.05) is 43.7 Å².